The summed E-state index contributed by atoms with van der Waals surface area (Å²) >= 11 is 0. The number of aromatic amines is 2. The first-order chi connectivity index (χ1) is 31.3. The van der Waals surface area contributed by atoms with Gasteiger partial charge in [-0.1, -0.05) is 109 Å². The average Bonchev–Trinajstić information content (AvgIpc) is 4.07. The summed E-state index contributed by atoms with van der Waals surface area (Å²) < 4.78 is 20.9. The third kappa shape index (κ3) is 7.52. The highest BCUT2D eigenvalue weighted by molar-refractivity contribution is 6.06. The highest BCUT2D eigenvalue weighted by Crippen LogP contribution is 2.39. The van der Waals surface area contributed by atoms with Crippen molar-refractivity contribution in [3.8, 4) is 68.5 Å². The van der Waals surface area contributed by atoms with Gasteiger partial charge in [-0.2, -0.15) is 0 Å². The van der Waals surface area contributed by atoms with E-state index in [1.807, 2.05) is 97.1 Å². The zero-order valence-corrected chi connectivity index (χ0v) is 35.0. The van der Waals surface area contributed by atoms with Gasteiger partial charge in [0.15, 0.2) is 46.3 Å². The number of hydrogen-bond acceptors (Lipinski definition) is 11. The maximum atomic E-state index is 11.9. The molecule has 0 unspecified atom stereocenters. The molecule has 9 aromatic rings. The number of H-pyrrole nitrogens is 2. The summed E-state index contributed by atoms with van der Waals surface area (Å²) in [6, 6.07) is 42.3. The summed E-state index contributed by atoms with van der Waals surface area (Å²) in [5.74, 6) is 2.57. The van der Waals surface area contributed by atoms with Crippen molar-refractivity contribution in [1.82, 2.24) is 39.9 Å². The molecule has 15 heteroatoms. The zero-order chi connectivity index (χ0) is 43.9. The minimum Gasteiger partial charge on any atom is -0.493 e. The number of carbonyl (C=O) groups is 1. The molecule has 11 rings (SSSR count). The van der Waals surface area contributed by atoms with Gasteiger partial charge in [-0.25, -0.2) is 29.9 Å². The SMILES string of the molecule is COc1ccc(C(C(=O)O)c2ccc(OC)c(OC)c2)cc1OC.[SiH4].c1ccc2c(c1)-c1nc-2nc2[nH]c(nc3nc(nc4[nH]c(n1)c1ccccc41)-c1ccccc1-3)c1ccccc21. The summed E-state index contributed by atoms with van der Waals surface area (Å²) in [5.41, 5.74) is 7.60. The molecule has 0 amide bonds. The maximum Gasteiger partial charge on any atom is 0.315 e. The number of carboxylic acids is 1. The lowest BCUT2D eigenvalue weighted by Gasteiger charge is -2.17. The summed E-state index contributed by atoms with van der Waals surface area (Å²) in [7, 11) is 6.07. The number of aliphatic carboxylic acids is 1. The Labute approximate surface area is 376 Å². The average molecular weight is 879 g/mol. The minimum atomic E-state index is -0.977. The fourth-order valence-electron chi connectivity index (χ4n) is 8.13. The molecular formula is C50H42N8O6Si. The lowest BCUT2D eigenvalue weighted by Crippen LogP contribution is -2.13. The van der Waals surface area contributed by atoms with Crippen LogP contribution in [0, 0.1) is 0 Å². The van der Waals surface area contributed by atoms with Gasteiger partial charge >= 0.3 is 5.97 Å². The van der Waals surface area contributed by atoms with Crippen LogP contribution < -0.4 is 18.9 Å². The van der Waals surface area contributed by atoms with Crippen LogP contribution in [0.5, 0.6) is 23.0 Å². The number of nitrogens with one attached hydrogen (secondary N) is 2. The molecule has 5 heterocycles. The fourth-order valence-corrected chi connectivity index (χ4v) is 8.13. The third-order valence-electron chi connectivity index (χ3n) is 11.2. The molecule has 0 radical (unpaired) electrons. The lowest BCUT2D eigenvalue weighted by molar-refractivity contribution is -0.137. The van der Waals surface area contributed by atoms with E-state index in [1.165, 1.54) is 28.4 Å². The van der Waals surface area contributed by atoms with Gasteiger partial charge in [0.25, 0.3) is 0 Å². The molecule has 2 aliphatic rings. The monoisotopic (exact) mass is 878 g/mol. The first kappa shape index (κ1) is 41.9. The van der Waals surface area contributed by atoms with Crippen LogP contribution in [0.25, 0.3) is 89.7 Å². The van der Waals surface area contributed by atoms with E-state index in [9.17, 15) is 9.90 Å². The second-order valence-electron chi connectivity index (χ2n) is 14.8. The van der Waals surface area contributed by atoms with Gasteiger partial charge < -0.3 is 34.0 Å². The molecule has 8 bridgehead atoms. The topological polar surface area (TPSA) is 183 Å². The quantitative estimate of drug-likeness (QED) is 0.130. The van der Waals surface area contributed by atoms with Crippen LogP contribution in [-0.2, 0) is 4.79 Å². The normalized spacial score (nSPS) is 11.2. The number of benzene rings is 6. The van der Waals surface area contributed by atoms with Gasteiger partial charge in [0.1, 0.15) is 28.5 Å². The summed E-state index contributed by atoms with van der Waals surface area (Å²) in [6.07, 6.45) is 0. The van der Waals surface area contributed by atoms with Crippen LogP contribution in [-0.4, -0.2) is 90.4 Å². The van der Waals surface area contributed by atoms with Gasteiger partial charge in [-0.15, -0.1) is 0 Å². The predicted molar refractivity (Wildman–Crippen MR) is 256 cm³/mol. The van der Waals surface area contributed by atoms with Crippen molar-refractivity contribution in [1.29, 1.82) is 0 Å². The second kappa shape index (κ2) is 17.4. The number of nitrogens with zero attached hydrogens (tertiary/aromatic N) is 6. The van der Waals surface area contributed by atoms with Crippen LogP contribution in [0.4, 0.5) is 0 Å². The van der Waals surface area contributed by atoms with Crippen LogP contribution in [0.3, 0.4) is 0 Å². The molecule has 3 N–H and O–H groups in total. The Morgan fingerprint density at radius 1 is 0.431 bits per heavy atom. The molecule has 14 nitrogen and oxygen atoms in total. The zero-order valence-electron chi connectivity index (χ0n) is 35.0. The number of hydrogen-bond donors (Lipinski definition) is 3. The van der Waals surface area contributed by atoms with Crippen molar-refractivity contribution < 1.29 is 28.8 Å². The van der Waals surface area contributed by atoms with Crippen molar-refractivity contribution in [2.45, 2.75) is 5.92 Å². The maximum absolute atomic E-state index is 11.9. The Morgan fingerprint density at radius 2 is 0.723 bits per heavy atom. The summed E-state index contributed by atoms with van der Waals surface area (Å²) in [4.78, 5) is 48.6. The first-order valence-electron chi connectivity index (χ1n) is 20.2. The third-order valence-corrected chi connectivity index (χ3v) is 11.2. The van der Waals surface area contributed by atoms with Crippen LogP contribution in [0.2, 0.25) is 0 Å². The molecule has 0 aliphatic carbocycles. The van der Waals surface area contributed by atoms with Crippen LogP contribution in [0.1, 0.15) is 17.0 Å². The van der Waals surface area contributed by atoms with Gasteiger partial charge in [0, 0.05) is 43.8 Å². The van der Waals surface area contributed by atoms with Crippen LogP contribution in [0.15, 0.2) is 133 Å². The molecule has 0 atom stereocenters. The molecular weight excluding hydrogens is 837 g/mol. The molecule has 0 fully saturated rings. The van der Waals surface area contributed by atoms with E-state index in [0.29, 0.717) is 80.0 Å². The fraction of sp³-hybridized carbons (Fsp3) is 0.100. The standard InChI is InChI=1S/C32H18N8.C18H20O6.H4Si/c1-2-10-18-17(9-1)25-33-26(18)38-28-21-13-5-6-14-22(21)30(35-28)40-32-24-16-8-7-15-23(24)31(36-32)39-29-20-12-4-3-11-19(20)27(34-29)37-25;1-21-13-7-5-11(9-15(13)23-3)17(18(19)20)12-6-8-14(22-2)16(10-12)24-4;/h1-16H,(H2,33,34,35,36,37,38,39,40);5-10,17H,1-4H3,(H,19,20);1H4. The summed E-state index contributed by atoms with van der Waals surface area (Å²) in [5, 5.41) is 13.5. The summed E-state index contributed by atoms with van der Waals surface area (Å²) in [6.45, 7) is 0. The number of carboxylic acid groups (broad SMARTS) is 1. The second-order valence-corrected chi connectivity index (χ2v) is 14.8. The van der Waals surface area contributed by atoms with Crippen LogP contribution >= 0.6 is 0 Å². The van der Waals surface area contributed by atoms with E-state index in [2.05, 4.69) is 9.97 Å². The van der Waals surface area contributed by atoms with Crippen molar-refractivity contribution in [2.75, 3.05) is 28.4 Å². The van der Waals surface area contributed by atoms with E-state index in [1.54, 1.807) is 36.4 Å². The molecule has 0 saturated carbocycles. The molecule has 0 spiro atoms. The Hall–Kier alpha value is -8.43. The Bertz CT molecular complexity index is 3110. The Morgan fingerprint density at radius 3 is 1.00 bits per heavy atom. The van der Waals surface area contributed by atoms with Crippen molar-refractivity contribution in [3.63, 3.8) is 0 Å². The first-order valence-corrected chi connectivity index (χ1v) is 20.2. The predicted octanol–water partition coefficient (Wildman–Crippen LogP) is 8.36. The largest absolute Gasteiger partial charge is 0.493 e. The van der Waals surface area contributed by atoms with Gasteiger partial charge in [-0.05, 0) is 46.4 Å². The van der Waals surface area contributed by atoms with Crippen molar-refractivity contribution in [3.05, 3.63) is 145 Å². The molecule has 3 aromatic heterocycles. The number of ether oxygens (including phenoxy) is 4. The highest BCUT2D eigenvalue weighted by atomic mass is 28.1. The molecule has 322 valence electrons. The van der Waals surface area contributed by atoms with Crippen molar-refractivity contribution in [2.24, 2.45) is 0 Å². The van der Waals surface area contributed by atoms with E-state index >= 15 is 0 Å². The minimum absolute atomic E-state index is 0. The van der Waals surface area contributed by atoms with Gasteiger partial charge in [0.05, 0.1) is 28.4 Å². The molecule has 6 aromatic carbocycles. The Balaban J connectivity index is 0.000000185. The van der Waals surface area contributed by atoms with E-state index in [-0.39, 0.29) is 11.0 Å². The number of fused-ring (bicyclic) bond motifs is 20. The number of rotatable bonds is 7. The number of methoxy groups -OCH3 is 4. The number of aromatic nitrogens is 8. The van der Waals surface area contributed by atoms with Gasteiger partial charge in [-0.3, -0.25) is 4.79 Å². The van der Waals surface area contributed by atoms with E-state index in [0.717, 1.165) is 43.8 Å². The molecule has 65 heavy (non-hydrogen) atoms. The van der Waals surface area contributed by atoms with E-state index in [4.69, 9.17) is 48.9 Å². The van der Waals surface area contributed by atoms with E-state index < -0.39 is 11.9 Å². The lowest BCUT2D eigenvalue weighted by atomic mass is 9.91. The highest BCUT2D eigenvalue weighted by Gasteiger charge is 2.26. The Kier molecular flexibility index (Phi) is 11.2. The van der Waals surface area contributed by atoms with Gasteiger partial charge in [0.2, 0.25) is 0 Å². The van der Waals surface area contributed by atoms with Crippen molar-refractivity contribution >= 4 is 61.1 Å². The molecule has 0 saturated heterocycles. The molecule has 2 aliphatic heterocycles. The smallest absolute Gasteiger partial charge is 0.315 e.